The standard InChI is InChI=1S/C21H26FN3O3/c1-14(2)11-20(26)23-16-6-8-17(9-7-16)24-21(27)25(3)13-15-5-10-19(28-4)18(22)12-15/h5-10,12,14H,11,13H2,1-4H3,(H,23,26)(H,24,27). The maximum atomic E-state index is 13.8. The van der Waals surface area contributed by atoms with Gasteiger partial charge in [-0.05, 0) is 47.9 Å². The number of methoxy groups -OCH3 is 1. The lowest BCUT2D eigenvalue weighted by molar-refractivity contribution is -0.116. The van der Waals surface area contributed by atoms with Gasteiger partial charge in [-0.3, -0.25) is 4.79 Å². The van der Waals surface area contributed by atoms with Crippen LogP contribution in [0.25, 0.3) is 0 Å². The summed E-state index contributed by atoms with van der Waals surface area (Å²) in [5, 5.41) is 5.58. The van der Waals surface area contributed by atoms with Crippen LogP contribution in [0.15, 0.2) is 42.5 Å². The van der Waals surface area contributed by atoms with E-state index < -0.39 is 5.82 Å². The number of urea groups is 1. The molecule has 0 fully saturated rings. The number of carbonyl (C=O) groups excluding carboxylic acids is 2. The van der Waals surface area contributed by atoms with Gasteiger partial charge in [0.15, 0.2) is 11.6 Å². The van der Waals surface area contributed by atoms with Crippen molar-refractivity contribution in [2.45, 2.75) is 26.8 Å². The minimum Gasteiger partial charge on any atom is -0.494 e. The van der Waals surface area contributed by atoms with Gasteiger partial charge in [0.05, 0.1) is 7.11 Å². The summed E-state index contributed by atoms with van der Waals surface area (Å²) in [6.07, 6.45) is 0.454. The highest BCUT2D eigenvalue weighted by Gasteiger charge is 2.12. The molecule has 0 atom stereocenters. The van der Waals surface area contributed by atoms with E-state index in [1.807, 2.05) is 13.8 Å². The summed E-state index contributed by atoms with van der Waals surface area (Å²) in [5.41, 5.74) is 1.92. The molecule has 0 unspecified atom stereocenters. The monoisotopic (exact) mass is 387 g/mol. The Morgan fingerprint density at radius 3 is 2.21 bits per heavy atom. The molecule has 0 saturated heterocycles. The largest absolute Gasteiger partial charge is 0.494 e. The second-order valence-corrected chi connectivity index (χ2v) is 6.98. The summed E-state index contributed by atoms with van der Waals surface area (Å²) in [7, 11) is 3.02. The molecule has 0 saturated carbocycles. The molecular formula is C21H26FN3O3. The van der Waals surface area contributed by atoms with E-state index in [0.29, 0.717) is 23.4 Å². The van der Waals surface area contributed by atoms with Gasteiger partial charge in [0.25, 0.3) is 0 Å². The molecule has 2 aromatic carbocycles. The molecule has 2 aromatic rings. The van der Waals surface area contributed by atoms with E-state index in [2.05, 4.69) is 10.6 Å². The summed E-state index contributed by atoms with van der Waals surface area (Å²) >= 11 is 0. The topological polar surface area (TPSA) is 70.7 Å². The number of rotatable bonds is 7. The van der Waals surface area contributed by atoms with Crippen molar-refractivity contribution in [1.82, 2.24) is 4.90 Å². The van der Waals surface area contributed by atoms with Gasteiger partial charge in [0.2, 0.25) is 5.91 Å². The number of hydrogen-bond donors (Lipinski definition) is 2. The first kappa shape index (κ1) is 21.2. The van der Waals surface area contributed by atoms with Crippen molar-refractivity contribution in [1.29, 1.82) is 0 Å². The van der Waals surface area contributed by atoms with Crippen LogP contribution in [0.3, 0.4) is 0 Å². The van der Waals surface area contributed by atoms with Crippen molar-refractivity contribution in [3.63, 3.8) is 0 Å². The molecule has 3 amide bonds. The molecule has 0 aliphatic rings. The fourth-order valence-electron chi connectivity index (χ4n) is 2.59. The zero-order valence-electron chi connectivity index (χ0n) is 16.6. The highest BCUT2D eigenvalue weighted by Crippen LogP contribution is 2.19. The SMILES string of the molecule is COc1ccc(CN(C)C(=O)Nc2ccc(NC(=O)CC(C)C)cc2)cc1F. The third-order valence-corrected chi connectivity index (χ3v) is 4.00. The van der Waals surface area contributed by atoms with E-state index in [-0.39, 0.29) is 30.2 Å². The van der Waals surface area contributed by atoms with Gasteiger partial charge in [-0.15, -0.1) is 0 Å². The van der Waals surface area contributed by atoms with Gasteiger partial charge < -0.3 is 20.3 Å². The number of carbonyl (C=O) groups is 2. The zero-order chi connectivity index (χ0) is 20.7. The van der Waals surface area contributed by atoms with Crippen LogP contribution in [0, 0.1) is 11.7 Å². The first-order valence-electron chi connectivity index (χ1n) is 9.03. The fourth-order valence-corrected chi connectivity index (χ4v) is 2.59. The van der Waals surface area contributed by atoms with Crippen LogP contribution < -0.4 is 15.4 Å². The predicted octanol–water partition coefficient (Wildman–Crippen LogP) is 4.48. The van der Waals surface area contributed by atoms with E-state index in [1.54, 1.807) is 37.4 Å². The predicted molar refractivity (Wildman–Crippen MR) is 108 cm³/mol. The van der Waals surface area contributed by atoms with Crippen molar-refractivity contribution in [2.24, 2.45) is 5.92 Å². The molecule has 0 heterocycles. The molecule has 0 aliphatic carbocycles. The summed E-state index contributed by atoms with van der Waals surface area (Å²) in [6.45, 7) is 4.21. The summed E-state index contributed by atoms with van der Waals surface area (Å²) < 4.78 is 18.7. The Kier molecular flexibility index (Phi) is 7.37. The smallest absolute Gasteiger partial charge is 0.321 e. The molecule has 28 heavy (non-hydrogen) atoms. The van der Waals surface area contributed by atoms with Gasteiger partial charge in [-0.25, -0.2) is 9.18 Å². The van der Waals surface area contributed by atoms with E-state index in [0.717, 1.165) is 0 Å². The highest BCUT2D eigenvalue weighted by atomic mass is 19.1. The lowest BCUT2D eigenvalue weighted by Gasteiger charge is -2.18. The Labute approximate surface area is 164 Å². The number of nitrogens with one attached hydrogen (secondary N) is 2. The van der Waals surface area contributed by atoms with Crippen LogP contribution in [0.2, 0.25) is 0 Å². The Bertz CT molecular complexity index is 822. The molecule has 7 heteroatoms. The number of amides is 3. The van der Waals surface area contributed by atoms with Crippen LogP contribution in [0.4, 0.5) is 20.6 Å². The number of ether oxygens (including phenoxy) is 1. The minimum absolute atomic E-state index is 0.0433. The van der Waals surface area contributed by atoms with Gasteiger partial charge in [0, 0.05) is 31.4 Å². The van der Waals surface area contributed by atoms with Crippen LogP contribution in [-0.4, -0.2) is 31.0 Å². The molecule has 0 aromatic heterocycles. The molecular weight excluding hydrogens is 361 g/mol. The molecule has 6 nitrogen and oxygen atoms in total. The Morgan fingerprint density at radius 2 is 1.68 bits per heavy atom. The van der Waals surface area contributed by atoms with Crippen molar-refractivity contribution < 1.29 is 18.7 Å². The summed E-state index contributed by atoms with van der Waals surface area (Å²) in [4.78, 5) is 25.6. The van der Waals surface area contributed by atoms with E-state index >= 15 is 0 Å². The number of hydrogen-bond acceptors (Lipinski definition) is 3. The lowest BCUT2D eigenvalue weighted by Crippen LogP contribution is -2.30. The van der Waals surface area contributed by atoms with E-state index in [9.17, 15) is 14.0 Å². The maximum Gasteiger partial charge on any atom is 0.321 e. The number of nitrogens with zero attached hydrogens (tertiary/aromatic N) is 1. The van der Waals surface area contributed by atoms with Gasteiger partial charge in [-0.2, -0.15) is 0 Å². The maximum absolute atomic E-state index is 13.8. The van der Waals surface area contributed by atoms with Crippen molar-refractivity contribution in [3.05, 3.63) is 53.8 Å². The van der Waals surface area contributed by atoms with Gasteiger partial charge >= 0.3 is 6.03 Å². The van der Waals surface area contributed by atoms with Crippen LogP contribution in [0.5, 0.6) is 5.75 Å². The minimum atomic E-state index is -0.469. The molecule has 2 rings (SSSR count). The normalized spacial score (nSPS) is 10.5. The average Bonchev–Trinajstić information content (AvgIpc) is 2.62. The number of anilines is 2. The Morgan fingerprint density at radius 1 is 1.07 bits per heavy atom. The fraction of sp³-hybridized carbons (Fsp3) is 0.333. The van der Waals surface area contributed by atoms with E-state index in [4.69, 9.17) is 4.74 Å². The highest BCUT2D eigenvalue weighted by molar-refractivity contribution is 5.92. The molecule has 0 radical (unpaired) electrons. The second-order valence-electron chi connectivity index (χ2n) is 6.98. The van der Waals surface area contributed by atoms with Crippen molar-refractivity contribution >= 4 is 23.3 Å². The van der Waals surface area contributed by atoms with Crippen molar-refractivity contribution in [3.8, 4) is 5.75 Å². The van der Waals surface area contributed by atoms with Crippen LogP contribution in [0.1, 0.15) is 25.8 Å². The van der Waals surface area contributed by atoms with Gasteiger partial charge in [0.1, 0.15) is 0 Å². The third kappa shape index (κ3) is 6.26. The molecule has 0 bridgehead atoms. The number of benzene rings is 2. The van der Waals surface area contributed by atoms with Gasteiger partial charge in [-0.1, -0.05) is 19.9 Å². The Balaban J connectivity index is 1.91. The summed E-state index contributed by atoms with van der Waals surface area (Å²) in [6, 6.07) is 11.1. The molecule has 2 N–H and O–H groups in total. The first-order valence-corrected chi connectivity index (χ1v) is 9.03. The first-order chi connectivity index (χ1) is 13.3. The number of halogens is 1. The van der Waals surface area contributed by atoms with Crippen LogP contribution >= 0.6 is 0 Å². The van der Waals surface area contributed by atoms with E-state index in [1.165, 1.54) is 24.1 Å². The zero-order valence-corrected chi connectivity index (χ0v) is 16.6. The quantitative estimate of drug-likeness (QED) is 0.736. The second kappa shape index (κ2) is 9.73. The lowest BCUT2D eigenvalue weighted by atomic mass is 10.1. The molecule has 150 valence electrons. The third-order valence-electron chi connectivity index (χ3n) is 4.00. The molecule has 0 aliphatic heterocycles. The average molecular weight is 387 g/mol. The summed E-state index contributed by atoms with van der Waals surface area (Å²) in [5.74, 6) is -0.0631. The van der Waals surface area contributed by atoms with Crippen LogP contribution in [-0.2, 0) is 11.3 Å². The Hall–Kier alpha value is -3.09. The molecule has 0 spiro atoms. The van der Waals surface area contributed by atoms with Crippen molar-refractivity contribution in [2.75, 3.05) is 24.8 Å².